The Labute approximate surface area is 131 Å². The van der Waals surface area contributed by atoms with Gasteiger partial charge in [-0.3, -0.25) is 4.79 Å². The van der Waals surface area contributed by atoms with Gasteiger partial charge in [-0.2, -0.15) is 0 Å². The molecule has 0 heterocycles. The van der Waals surface area contributed by atoms with Crippen molar-refractivity contribution in [2.75, 3.05) is 0 Å². The Balaban J connectivity index is 0.000000491. The van der Waals surface area contributed by atoms with Crippen LogP contribution in [-0.2, 0) is 17.6 Å². The molecular formula is C18H21ClO2. The molecule has 0 bridgehead atoms. The van der Waals surface area contributed by atoms with Gasteiger partial charge in [-0.05, 0) is 47.2 Å². The molecule has 2 nitrogen and oxygen atoms in total. The number of carboxylic acid groups (broad SMARTS) is 1. The van der Waals surface area contributed by atoms with Crippen molar-refractivity contribution in [1.29, 1.82) is 0 Å². The van der Waals surface area contributed by atoms with Crippen LogP contribution in [0.4, 0.5) is 0 Å². The first-order chi connectivity index (χ1) is 9.96. The van der Waals surface area contributed by atoms with Gasteiger partial charge in [0.2, 0.25) is 0 Å². The predicted molar refractivity (Wildman–Crippen MR) is 89.0 cm³/mol. The molecule has 0 spiro atoms. The van der Waals surface area contributed by atoms with Gasteiger partial charge < -0.3 is 5.11 Å². The molecule has 2 aromatic rings. The predicted octanol–water partition coefficient (Wildman–Crippen LogP) is 5.22. The van der Waals surface area contributed by atoms with E-state index in [1.807, 2.05) is 12.1 Å². The van der Waals surface area contributed by atoms with E-state index in [4.69, 9.17) is 21.5 Å². The third-order valence-corrected chi connectivity index (χ3v) is 3.30. The van der Waals surface area contributed by atoms with E-state index in [-0.39, 0.29) is 0 Å². The summed E-state index contributed by atoms with van der Waals surface area (Å²) in [7, 11) is 0. The van der Waals surface area contributed by atoms with Crippen LogP contribution >= 0.6 is 11.6 Å². The molecule has 0 saturated heterocycles. The smallest absolute Gasteiger partial charge is 0.300 e. The maximum absolute atomic E-state index is 9.00. The van der Waals surface area contributed by atoms with E-state index in [0.29, 0.717) is 0 Å². The lowest BCUT2D eigenvalue weighted by molar-refractivity contribution is -0.134. The zero-order valence-electron chi connectivity index (χ0n) is 12.7. The van der Waals surface area contributed by atoms with Gasteiger partial charge >= 0.3 is 0 Å². The first kappa shape index (κ1) is 17.3. The van der Waals surface area contributed by atoms with E-state index < -0.39 is 5.97 Å². The fraction of sp³-hybridized carbons (Fsp3) is 0.278. The van der Waals surface area contributed by atoms with Crippen LogP contribution < -0.4 is 0 Å². The fourth-order valence-corrected chi connectivity index (χ4v) is 2.11. The second kappa shape index (κ2) is 8.48. The van der Waals surface area contributed by atoms with Crippen LogP contribution in [-0.4, -0.2) is 11.1 Å². The molecule has 0 amide bonds. The van der Waals surface area contributed by atoms with Gasteiger partial charge in [0, 0.05) is 11.9 Å². The fourth-order valence-electron chi connectivity index (χ4n) is 1.98. The van der Waals surface area contributed by atoms with Crippen LogP contribution in [0.1, 0.15) is 31.9 Å². The topological polar surface area (TPSA) is 37.3 Å². The number of hydrogen-bond acceptors (Lipinski definition) is 1. The van der Waals surface area contributed by atoms with Gasteiger partial charge in [0.15, 0.2) is 0 Å². The number of halogens is 1. The highest BCUT2D eigenvalue weighted by Crippen LogP contribution is 2.24. The average Bonchev–Trinajstić information content (AvgIpc) is 2.46. The summed E-state index contributed by atoms with van der Waals surface area (Å²) >= 11 is 5.92. The third-order valence-electron chi connectivity index (χ3n) is 3.05. The summed E-state index contributed by atoms with van der Waals surface area (Å²) in [6.45, 7) is 5.47. The van der Waals surface area contributed by atoms with E-state index in [1.54, 1.807) is 0 Å². The van der Waals surface area contributed by atoms with Crippen molar-refractivity contribution in [1.82, 2.24) is 0 Å². The van der Waals surface area contributed by atoms with Crippen molar-refractivity contribution < 1.29 is 9.90 Å². The molecule has 2 aromatic carbocycles. The molecule has 0 aliphatic heterocycles. The Morgan fingerprint density at radius 2 is 1.38 bits per heavy atom. The summed E-state index contributed by atoms with van der Waals surface area (Å²) in [6, 6.07) is 14.9. The Kier molecular flexibility index (Phi) is 6.97. The zero-order valence-corrected chi connectivity index (χ0v) is 13.4. The quantitative estimate of drug-likeness (QED) is 0.843. The van der Waals surface area contributed by atoms with Crippen LogP contribution in [0.25, 0.3) is 11.1 Å². The van der Waals surface area contributed by atoms with Gasteiger partial charge in [0.05, 0.1) is 0 Å². The second-order valence-electron chi connectivity index (χ2n) is 4.77. The molecule has 3 heteroatoms. The summed E-state index contributed by atoms with van der Waals surface area (Å²) in [5.74, 6) is -0.833. The SMILES string of the molecule is CC(=O)O.CCc1cc(CC)cc(-c2ccc(Cl)cc2)c1. The van der Waals surface area contributed by atoms with Gasteiger partial charge in [0.25, 0.3) is 5.97 Å². The highest BCUT2D eigenvalue weighted by molar-refractivity contribution is 6.30. The number of rotatable bonds is 3. The summed E-state index contributed by atoms with van der Waals surface area (Å²) < 4.78 is 0. The lowest BCUT2D eigenvalue weighted by Gasteiger charge is -2.08. The summed E-state index contributed by atoms with van der Waals surface area (Å²) in [5.41, 5.74) is 5.32. The van der Waals surface area contributed by atoms with Crippen LogP contribution in [0.5, 0.6) is 0 Å². The van der Waals surface area contributed by atoms with Crippen LogP contribution in [0.2, 0.25) is 5.02 Å². The molecule has 0 radical (unpaired) electrons. The number of carboxylic acids is 1. The molecule has 0 fully saturated rings. The van der Waals surface area contributed by atoms with E-state index in [1.165, 1.54) is 22.3 Å². The molecular weight excluding hydrogens is 284 g/mol. The van der Waals surface area contributed by atoms with Crippen LogP contribution in [0.3, 0.4) is 0 Å². The summed E-state index contributed by atoms with van der Waals surface area (Å²) in [6.07, 6.45) is 2.16. The average molecular weight is 305 g/mol. The number of aliphatic carboxylic acids is 1. The second-order valence-corrected chi connectivity index (χ2v) is 5.21. The molecule has 0 saturated carbocycles. The Bertz CT molecular complexity index is 562. The minimum Gasteiger partial charge on any atom is -0.481 e. The molecule has 0 atom stereocenters. The highest BCUT2D eigenvalue weighted by Gasteiger charge is 2.02. The lowest BCUT2D eigenvalue weighted by atomic mass is 9.98. The molecule has 2 rings (SSSR count). The molecule has 0 aliphatic rings. The standard InChI is InChI=1S/C16H17Cl.C2H4O2/c1-3-12-9-13(4-2)11-15(10-12)14-5-7-16(17)8-6-14;1-2(3)4/h5-11H,3-4H2,1-2H3;1H3,(H,3,4). The molecule has 1 N–H and O–H groups in total. The molecule has 0 unspecified atom stereocenters. The maximum atomic E-state index is 9.00. The van der Waals surface area contributed by atoms with Gasteiger partial charge in [-0.1, -0.05) is 55.8 Å². The molecule has 112 valence electrons. The van der Waals surface area contributed by atoms with Crippen LogP contribution in [0.15, 0.2) is 42.5 Å². The minimum absolute atomic E-state index is 0.788. The third kappa shape index (κ3) is 6.01. The van der Waals surface area contributed by atoms with Gasteiger partial charge in [0.1, 0.15) is 0 Å². The van der Waals surface area contributed by atoms with Gasteiger partial charge in [-0.25, -0.2) is 0 Å². The first-order valence-electron chi connectivity index (χ1n) is 7.04. The van der Waals surface area contributed by atoms with E-state index in [0.717, 1.165) is 24.8 Å². The summed E-state index contributed by atoms with van der Waals surface area (Å²) in [4.78, 5) is 9.00. The lowest BCUT2D eigenvalue weighted by Crippen LogP contribution is -1.88. The number of hydrogen-bond donors (Lipinski definition) is 1. The maximum Gasteiger partial charge on any atom is 0.300 e. The van der Waals surface area contributed by atoms with Crippen molar-refractivity contribution in [2.24, 2.45) is 0 Å². The molecule has 0 aliphatic carbocycles. The number of aryl methyl sites for hydroxylation is 2. The number of carbonyl (C=O) groups is 1. The Morgan fingerprint density at radius 3 is 1.76 bits per heavy atom. The first-order valence-corrected chi connectivity index (χ1v) is 7.42. The summed E-state index contributed by atoms with van der Waals surface area (Å²) in [5, 5.41) is 8.20. The zero-order chi connectivity index (χ0) is 15.8. The number of benzene rings is 2. The molecule has 0 aromatic heterocycles. The van der Waals surface area contributed by atoms with Crippen molar-refractivity contribution >= 4 is 17.6 Å². The van der Waals surface area contributed by atoms with Crippen molar-refractivity contribution in [3.63, 3.8) is 0 Å². The Morgan fingerprint density at radius 1 is 0.952 bits per heavy atom. The van der Waals surface area contributed by atoms with Crippen LogP contribution in [0, 0.1) is 0 Å². The Hall–Kier alpha value is -1.80. The van der Waals surface area contributed by atoms with E-state index in [9.17, 15) is 0 Å². The van der Waals surface area contributed by atoms with Crippen molar-refractivity contribution in [2.45, 2.75) is 33.6 Å². The van der Waals surface area contributed by atoms with Crippen molar-refractivity contribution in [3.05, 3.63) is 58.6 Å². The minimum atomic E-state index is -0.833. The largest absolute Gasteiger partial charge is 0.481 e. The van der Waals surface area contributed by atoms with Crippen molar-refractivity contribution in [3.8, 4) is 11.1 Å². The van der Waals surface area contributed by atoms with Gasteiger partial charge in [-0.15, -0.1) is 0 Å². The van der Waals surface area contributed by atoms with E-state index >= 15 is 0 Å². The van der Waals surface area contributed by atoms with E-state index in [2.05, 4.69) is 44.2 Å². The monoisotopic (exact) mass is 304 g/mol. The normalized spacial score (nSPS) is 9.71. The highest BCUT2D eigenvalue weighted by atomic mass is 35.5. The molecule has 21 heavy (non-hydrogen) atoms.